The molecule has 7 heteroatoms. The minimum absolute atomic E-state index is 0.0611. The number of rotatable bonds is 8. The molecule has 1 N–H and O–H groups in total. The van der Waals surface area contributed by atoms with Crippen molar-refractivity contribution < 1.29 is 18.7 Å². The number of hydrogen-bond acceptors (Lipinski definition) is 6. The predicted octanol–water partition coefficient (Wildman–Crippen LogP) is 4.62. The van der Waals surface area contributed by atoms with E-state index in [-0.39, 0.29) is 11.2 Å². The Kier molecular flexibility index (Phi) is 6.60. The van der Waals surface area contributed by atoms with Gasteiger partial charge in [0.25, 0.3) is 0 Å². The summed E-state index contributed by atoms with van der Waals surface area (Å²) in [5, 5.41) is 2.67. The van der Waals surface area contributed by atoms with Gasteiger partial charge in [0.1, 0.15) is 17.8 Å². The van der Waals surface area contributed by atoms with Gasteiger partial charge in [0.2, 0.25) is 11.8 Å². The van der Waals surface area contributed by atoms with Crippen LogP contribution in [0.5, 0.6) is 11.5 Å². The number of hydrogen-bond donors (Lipinski definition) is 1. The van der Waals surface area contributed by atoms with Gasteiger partial charge in [-0.2, -0.15) is 0 Å². The number of amides is 1. The number of nitrogens with one attached hydrogen (secondary N) is 1. The van der Waals surface area contributed by atoms with Crippen molar-refractivity contribution in [2.24, 2.45) is 0 Å². The third kappa shape index (κ3) is 5.07. The van der Waals surface area contributed by atoms with E-state index in [1.807, 2.05) is 55.5 Å². The van der Waals surface area contributed by atoms with Gasteiger partial charge in [-0.3, -0.25) is 4.79 Å². The van der Waals surface area contributed by atoms with Crippen LogP contribution < -0.4 is 14.8 Å². The highest BCUT2D eigenvalue weighted by Crippen LogP contribution is 2.25. The van der Waals surface area contributed by atoms with Crippen molar-refractivity contribution in [1.82, 2.24) is 4.98 Å². The first-order valence-corrected chi connectivity index (χ1v) is 9.79. The molecule has 28 heavy (non-hydrogen) atoms. The monoisotopic (exact) mass is 398 g/mol. The first kappa shape index (κ1) is 19.8. The Hall–Kier alpha value is -2.93. The maximum absolute atomic E-state index is 12.4. The quantitative estimate of drug-likeness (QED) is 0.597. The van der Waals surface area contributed by atoms with Gasteiger partial charge in [-0.05, 0) is 55.5 Å². The molecule has 1 aromatic heterocycles. The molecule has 0 saturated heterocycles. The van der Waals surface area contributed by atoms with E-state index >= 15 is 0 Å². The number of methoxy groups -OCH3 is 2. The summed E-state index contributed by atoms with van der Waals surface area (Å²) in [6.45, 7) is 1.87. The summed E-state index contributed by atoms with van der Waals surface area (Å²) < 4.78 is 15.8. The smallest absolute Gasteiger partial charge is 0.237 e. The molecule has 0 aliphatic heterocycles. The second-order valence-electron chi connectivity index (χ2n) is 6.04. The second-order valence-corrected chi connectivity index (χ2v) is 7.37. The van der Waals surface area contributed by atoms with Crippen molar-refractivity contribution in [3.8, 4) is 23.0 Å². The Morgan fingerprint density at radius 2 is 1.68 bits per heavy atom. The van der Waals surface area contributed by atoms with E-state index in [1.165, 1.54) is 11.8 Å². The Morgan fingerprint density at radius 3 is 2.29 bits per heavy atom. The van der Waals surface area contributed by atoms with Crippen LogP contribution in [0, 0.1) is 0 Å². The lowest BCUT2D eigenvalue weighted by molar-refractivity contribution is -0.115. The van der Waals surface area contributed by atoms with E-state index in [1.54, 1.807) is 20.5 Å². The zero-order valence-corrected chi connectivity index (χ0v) is 16.8. The van der Waals surface area contributed by atoms with Crippen LogP contribution in [-0.2, 0) is 10.5 Å². The Morgan fingerprint density at radius 1 is 1.07 bits per heavy atom. The van der Waals surface area contributed by atoms with Crippen molar-refractivity contribution in [1.29, 1.82) is 0 Å². The highest BCUT2D eigenvalue weighted by molar-refractivity contribution is 7.99. The van der Waals surface area contributed by atoms with Crippen LogP contribution >= 0.6 is 11.8 Å². The molecule has 0 radical (unpaired) electrons. The van der Waals surface area contributed by atoms with E-state index in [2.05, 4.69) is 10.3 Å². The summed E-state index contributed by atoms with van der Waals surface area (Å²) in [5.74, 6) is 2.60. The van der Waals surface area contributed by atoms with Crippen LogP contribution in [0.2, 0.25) is 0 Å². The number of thioether (sulfide) groups is 1. The lowest BCUT2D eigenvalue weighted by Crippen LogP contribution is -2.22. The number of benzene rings is 2. The van der Waals surface area contributed by atoms with Crippen LogP contribution in [0.3, 0.4) is 0 Å². The highest BCUT2D eigenvalue weighted by Gasteiger charge is 2.15. The molecule has 6 nitrogen and oxygen atoms in total. The number of aromatic nitrogens is 1. The minimum atomic E-state index is -0.233. The normalized spacial score (nSPS) is 11.7. The highest BCUT2D eigenvalue weighted by atomic mass is 32.2. The maximum atomic E-state index is 12.4. The van der Waals surface area contributed by atoms with Gasteiger partial charge < -0.3 is 19.2 Å². The lowest BCUT2D eigenvalue weighted by Gasteiger charge is -2.11. The largest absolute Gasteiger partial charge is 0.497 e. The third-order valence-electron chi connectivity index (χ3n) is 4.10. The van der Waals surface area contributed by atoms with Gasteiger partial charge in [-0.15, -0.1) is 11.8 Å². The number of oxazole rings is 1. The van der Waals surface area contributed by atoms with Gasteiger partial charge in [-0.25, -0.2) is 4.98 Å². The Labute approximate surface area is 168 Å². The van der Waals surface area contributed by atoms with Gasteiger partial charge in [0.15, 0.2) is 0 Å². The van der Waals surface area contributed by atoms with E-state index in [0.717, 1.165) is 28.4 Å². The fourth-order valence-corrected chi connectivity index (χ4v) is 3.21. The van der Waals surface area contributed by atoms with Gasteiger partial charge in [-0.1, -0.05) is 0 Å². The van der Waals surface area contributed by atoms with Crippen molar-refractivity contribution in [3.05, 3.63) is 60.5 Å². The fraction of sp³-hybridized carbons (Fsp3) is 0.238. The minimum Gasteiger partial charge on any atom is -0.497 e. The lowest BCUT2D eigenvalue weighted by atomic mass is 10.2. The van der Waals surface area contributed by atoms with Crippen molar-refractivity contribution in [2.75, 3.05) is 19.5 Å². The Bertz CT molecular complexity index is 907. The molecule has 0 saturated carbocycles. The molecular weight excluding hydrogens is 376 g/mol. The summed E-state index contributed by atoms with van der Waals surface area (Å²) in [6.07, 6.45) is 1.63. The maximum Gasteiger partial charge on any atom is 0.237 e. The molecule has 3 rings (SSSR count). The number of carbonyl (C=O) groups excluding carboxylic acids is 1. The van der Waals surface area contributed by atoms with Crippen molar-refractivity contribution in [2.45, 2.75) is 17.9 Å². The molecule has 1 heterocycles. The predicted molar refractivity (Wildman–Crippen MR) is 111 cm³/mol. The van der Waals surface area contributed by atoms with Gasteiger partial charge in [0.05, 0.1) is 25.2 Å². The summed E-state index contributed by atoms with van der Waals surface area (Å²) in [4.78, 5) is 16.9. The van der Waals surface area contributed by atoms with Crippen LogP contribution in [-0.4, -0.2) is 30.4 Å². The fourth-order valence-electron chi connectivity index (χ4n) is 2.44. The number of carbonyl (C=O) groups is 1. The van der Waals surface area contributed by atoms with Crippen molar-refractivity contribution in [3.63, 3.8) is 0 Å². The first-order valence-electron chi connectivity index (χ1n) is 8.74. The van der Waals surface area contributed by atoms with Gasteiger partial charge >= 0.3 is 0 Å². The molecule has 3 aromatic rings. The first-order chi connectivity index (χ1) is 13.6. The summed E-state index contributed by atoms with van der Waals surface area (Å²) in [5.41, 5.74) is 2.41. The molecule has 0 aliphatic rings. The SMILES string of the molecule is COc1ccc(NC(=O)C(C)SCc2coc(-c3ccc(OC)cc3)n2)cc1. The van der Waals surface area contributed by atoms with Crippen LogP contribution in [0.4, 0.5) is 5.69 Å². The van der Waals surface area contributed by atoms with Crippen molar-refractivity contribution >= 4 is 23.4 Å². The molecule has 1 atom stereocenters. The van der Waals surface area contributed by atoms with Crippen LogP contribution in [0.25, 0.3) is 11.5 Å². The molecule has 1 amide bonds. The molecule has 146 valence electrons. The average molecular weight is 398 g/mol. The number of ether oxygens (including phenoxy) is 2. The summed E-state index contributed by atoms with van der Waals surface area (Å²) in [7, 11) is 3.23. The van der Waals surface area contributed by atoms with E-state index < -0.39 is 0 Å². The van der Waals surface area contributed by atoms with Crippen LogP contribution in [0.1, 0.15) is 12.6 Å². The van der Waals surface area contributed by atoms with E-state index in [4.69, 9.17) is 13.9 Å². The molecule has 0 aliphatic carbocycles. The Balaban J connectivity index is 1.52. The third-order valence-corrected chi connectivity index (χ3v) is 5.27. The second kappa shape index (κ2) is 9.32. The van der Waals surface area contributed by atoms with Gasteiger partial charge in [0, 0.05) is 17.0 Å². The number of anilines is 1. The average Bonchev–Trinajstić information content (AvgIpc) is 3.21. The molecule has 1 unspecified atom stereocenters. The molecule has 0 spiro atoms. The topological polar surface area (TPSA) is 73.6 Å². The summed E-state index contributed by atoms with van der Waals surface area (Å²) in [6, 6.07) is 14.8. The molecule has 0 bridgehead atoms. The standard InChI is InChI=1S/C21H22N2O4S/c1-14(20(24)22-16-6-10-19(26-3)11-7-16)28-13-17-12-27-21(23-17)15-4-8-18(25-2)9-5-15/h4-12,14H,13H2,1-3H3,(H,22,24). The zero-order valence-electron chi connectivity index (χ0n) is 16.0. The van der Waals surface area contributed by atoms with E-state index in [9.17, 15) is 4.79 Å². The molecule has 2 aromatic carbocycles. The summed E-state index contributed by atoms with van der Waals surface area (Å²) >= 11 is 1.50. The molecular formula is C21H22N2O4S. The van der Waals surface area contributed by atoms with Crippen LogP contribution in [0.15, 0.2) is 59.2 Å². The zero-order chi connectivity index (χ0) is 19.9. The van der Waals surface area contributed by atoms with E-state index in [0.29, 0.717) is 11.6 Å². The molecule has 0 fully saturated rings. The number of nitrogens with zero attached hydrogens (tertiary/aromatic N) is 1.